The van der Waals surface area contributed by atoms with E-state index in [1.54, 1.807) is 0 Å². The zero-order valence-electron chi connectivity index (χ0n) is 11.8. The van der Waals surface area contributed by atoms with Crippen LogP contribution in [0, 0.1) is 0 Å². The Bertz CT molecular complexity index is 211. The van der Waals surface area contributed by atoms with E-state index >= 15 is 0 Å². The highest BCUT2D eigenvalue weighted by molar-refractivity contribution is 4.78. The summed E-state index contributed by atoms with van der Waals surface area (Å²) in [5, 5.41) is 0. The van der Waals surface area contributed by atoms with Crippen molar-refractivity contribution in [1.29, 1.82) is 0 Å². The molecule has 0 amide bonds. The minimum atomic E-state index is 0.560. The van der Waals surface area contributed by atoms with E-state index in [4.69, 9.17) is 10.5 Å². The van der Waals surface area contributed by atoms with E-state index in [9.17, 15) is 0 Å². The maximum atomic E-state index is 5.70. The van der Waals surface area contributed by atoms with Crippen molar-refractivity contribution < 1.29 is 4.74 Å². The highest BCUT2D eigenvalue weighted by Crippen LogP contribution is 2.24. The van der Waals surface area contributed by atoms with Crippen LogP contribution in [0.4, 0.5) is 0 Å². The van der Waals surface area contributed by atoms with E-state index in [-0.39, 0.29) is 0 Å². The SMILES string of the molecule is NCCCN(CCCC1CCCO1)C1CCCC1. The zero-order chi connectivity index (χ0) is 12.6. The van der Waals surface area contributed by atoms with Crippen LogP contribution in [0.2, 0.25) is 0 Å². The molecule has 2 rings (SSSR count). The predicted octanol–water partition coefficient (Wildman–Crippen LogP) is 2.54. The van der Waals surface area contributed by atoms with Gasteiger partial charge in [0.25, 0.3) is 0 Å². The van der Waals surface area contributed by atoms with Gasteiger partial charge in [-0.2, -0.15) is 0 Å². The molecule has 106 valence electrons. The normalized spacial score (nSPS) is 25.3. The number of hydrogen-bond donors (Lipinski definition) is 1. The molecule has 1 heterocycles. The molecule has 0 radical (unpaired) electrons. The van der Waals surface area contributed by atoms with Crippen LogP contribution in [0.25, 0.3) is 0 Å². The summed E-state index contributed by atoms with van der Waals surface area (Å²) in [7, 11) is 0. The highest BCUT2D eigenvalue weighted by atomic mass is 16.5. The van der Waals surface area contributed by atoms with Crippen molar-refractivity contribution in [3.8, 4) is 0 Å². The smallest absolute Gasteiger partial charge is 0.0576 e. The second-order valence-electron chi connectivity index (χ2n) is 5.89. The maximum Gasteiger partial charge on any atom is 0.0576 e. The molecule has 1 unspecified atom stereocenters. The third-order valence-corrected chi connectivity index (χ3v) is 4.49. The van der Waals surface area contributed by atoms with E-state index in [1.807, 2.05) is 0 Å². The molecule has 0 spiro atoms. The molecule has 2 aliphatic rings. The fourth-order valence-corrected chi connectivity index (χ4v) is 3.43. The first-order chi connectivity index (χ1) is 8.90. The molecule has 0 aromatic rings. The van der Waals surface area contributed by atoms with Crippen LogP contribution in [-0.2, 0) is 4.74 Å². The van der Waals surface area contributed by atoms with Gasteiger partial charge in [0.15, 0.2) is 0 Å². The molecule has 18 heavy (non-hydrogen) atoms. The van der Waals surface area contributed by atoms with Crippen LogP contribution in [0.1, 0.15) is 57.8 Å². The molecule has 0 bridgehead atoms. The zero-order valence-corrected chi connectivity index (χ0v) is 11.8. The van der Waals surface area contributed by atoms with Crippen molar-refractivity contribution >= 4 is 0 Å². The highest BCUT2D eigenvalue weighted by Gasteiger charge is 2.22. The molecular formula is C15H30N2O. The fourth-order valence-electron chi connectivity index (χ4n) is 3.43. The van der Waals surface area contributed by atoms with Gasteiger partial charge in [0.2, 0.25) is 0 Å². The third kappa shape index (κ3) is 4.52. The number of nitrogens with two attached hydrogens (primary N) is 1. The predicted molar refractivity (Wildman–Crippen MR) is 75.7 cm³/mol. The summed E-state index contributed by atoms with van der Waals surface area (Å²) < 4.78 is 5.70. The first-order valence-electron chi connectivity index (χ1n) is 7.96. The molecule has 1 aliphatic carbocycles. The lowest BCUT2D eigenvalue weighted by Crippen LogP contribution is -2.36. The summed E-state index contributed by atoms with van der Waals surface area (Å²) in [6.07, 6.45) is 12.5. The molecule has 3 nitrogen and oxygen atoms in total. The second-order valence-corrected chi connectivity index (χ2v) is 5.89. The minimum Gasteiger partial charge on any atom is -0.378 e. The van der Waals surface area contributed by atoms with Crippen LogP contribution in [0.5, 0.6) is 0 Å². The van der Waals surface area contributed by atoms with Crippen molar-refractivity contribution in [2.45, 2.75) is 69.9 Å². The fraction of sp³-hybridized carbons (Fsp3) is 1.00. The number of rotatable bonds is 8. The third-order valence-electron chi connectivity index (χ3n) is 4.49. The van der Waals surface area contributed by atoms with Crippen LogP contribution < -0.4 is 5.73 Å². The molecule has 1 saturated carbocycles. The number of hydrogen-bond acceptors (Lipinski definition) is 3. The van der Waals surface area contributed by atoms with Gasteiger partial charge >= 0.3 is 0 Å². The first kappa shape index (κ1) is 14.3. The largest absolute Gasteiger partial charge is 0.378 e. The lowest BCUT2D eigenvalue weighted by molar-refractivity contribution is 0.0957. The molecule has 1 saturated heterocycles. The standard InChI is InChI=1S/C15H30N2O/c16-10-5-12-17(14-6-1-2-7-14)11-3-8-15-9-4-13-18-15/h14-15H,1-13,16H2. The Kier molecular flexibility index (Phi) is 6.46. The van der Waals surface area contributed by atoms with Gasteiger partial charge in [-0.15, -0.1) is 0 Å². The van der Waals surface area contributed by atoms with Gasteiger partial charge in [-0.05, 0) is 64.6 Å². The van der Waals surface area contributed by atoms with Gasteiger partial charge in [-0.3, -0.25) is 0 Å². The number of nitrogens with zero attached hydrogens (tertiary/aromatic N) is 1. The molecule has 0 aromatic heterocycles. The Morgan fingerprint density at radius 2 is 1.78 bits per heavy atom. The Labute approximate surface area is 112 Å². The van der Waals surface area contributed by atoms with Crippen molar-refractivity contribution in [2.75, 3.05) is 26.2 Å². The first-order valence-corrected chi connectivity index (χ1v) is 7.96. The quantitative estimate of drug-likeness (QED) is 0.723. The van der Waals surface area contributed by atoms with E-state index < -0.39 is 0 Å². The molecule has 1 aliphatic heterocycles. The van der Waals surface area contributed by atoms with E-state index in [0.29, 0.717) is 6.10 Å². The molecule has 0 aromatic carbocycles. The van der Waals surface area contributed by atoms with Crippen LogP contribution in [0.15, 0.2) is 0 Å². The van der Waals surface area contributed by atoms with Crippen LogP contribution in [0.3, 0.4) is 0 Å². The van der Waals surface area contributed by atoms with Crippen molar-refractivity contribution in [3.05, 3.63) is 0 Å². The Balaban J connectivity index is 1.66. The van der Waals surface area contributed by atoms with Gasteiger partial charge in [-0.25, -0.2) is 0 Å². The van der Waals surface area contributed by atoms with Crippen LogP contribution in [-0.4, -0.2) is 43.3 Å². The summed E-state index contributed by atoms with van der Waals surface area (Å²) in [5.74, 6) is 0. The van der Waals surface area contributed by atoms with Gasteiger partial charge in [0.1, 0.15) is 0 Å². The molecule has 2 N–H and O–H groups in total. The van der Waals surface area contributed by atoms with Crippen LogP contribution >= 0.6 is 0 Å². The number of ether oxygens (including phenoxy) is 1. The van der Waals surface area contributed by atoms with E-state index in [0.717, 1.165) is 25.6 Å². The summed E-state index contributed by atoms with van der Waals surface area (Å²) in [4.78, 5) is 2.70. The second kappa shape index (κ2) is 8.13. The molecule has 3 heteroatoms. The lowest BCUT2D eigenvalue weighted by atomic mass is 10.1. The summed E-state index contributed by atoms with van der Waals surface area (Å²) in [5.41, 5.74) is 5.66. The summed E-state index contributed by atoms with van der Waals surface area (Å²) in [6.45, 7) is 4.27. The molecule has 1 atom stereocenters. The Hall–Kier alpha value is -0.120. The van der Waals surface area contributed by atoms with E-state index in [2.05, 4.69) is 4.90 Å². The van der Waals surface area contributed by atoms with E-state index in [1.165, 1.54) is 64.5 Å². The van der Waals surface area contributed by atoms with Crippen molar-refractivity contribution in [3.63, 3.8) is 0 Å². The molecular weight excluding hydrogens is 224 g/mol. The summed E-state index contributed by atoms with van der Waals surface area (Å²) >= 11 is 0. The average Bonchev–Trinajstić information content (AvgIpc) is 3.05. The minimum absolute atomic E-state index is 0.560. The Morgan fingerprint density at radius 3 is 2.44 bits per heavy atom. The maximum absolute atomic E-state index is 5.70. The van der Waals surface area contributed by atoms with Crippen molar-refractivity contribution in [2.24, 2.45) is 5.73 Å². The monoisotopic (exact) mass is 254 g/mol. The lowest BCUT2D eigenvalue weighted by Gasteiger charge is -2.29. The van der Waals surface area contributed by atoms with Gasteiger partial charge in [0, 0.05) is 12.6 Å². The van der Waals surface area contributed by atoms with Crippen molar-refractivity contribution in [1.82, 2.24) is 4.90 Å². The van der Waals surface area contributed by atoms with Gasteiger partial charge in [0.05, 0.1) is 6.10 Å². The summed E-state index contributed by atoms with van der Waals surface area (Å²) in [6, 6.07) is 0.848. The van der Waals surface area contributed by atoms with Gasteiger partial charge in [-0.1, -0.05) is 12.8 Å². The topological polar surface area (TPSA) is 38.5 Å². The van der Waals surface area contributed by atoms with Gasteiger partial charge < -0.3 is 15.4 Å². The molecule has 2 fully saturated rings. The average molecular weight is 254 g/mol. The Morgan fingerprint density at radius 1 is 1.00 bits per heavy atom.